The first-order valence-corrected chi connectivity index (χ1v) is 7.64. The zero-order valence-corrected chi connectivity index (χ0v) is 11.8. The van der Waals surface area contributed by atoms with Crippen LogP contribution in [0.15, 0.2) is 47.4 Å². The maximum absolute atomic E-state index is 13.4. The van der Waals surface area contributed by atoms with Gasteiger partial charge in [0.15, 0.2) is 0 Å². The molecular weight excluding hydrogens is 273 g/mol. The number of aromatic hydroxyl groups is 1. The van der Waals surface area contributed by atoms with Crippen molar-refractivity contribution in [3.05, 3.63) is 59.4 Å². The van der Waals surface area contributed by atoms with Gasteiger partial charge in [-0.2, -0.15) is 0 Å². The summed E-state index contributed by atoms with van der Waals surface area (Å²) in [5, 5.41) is 12.9. The molecule has 0 saturated heterocycles. The van der Waals surface area contributed by atoms with Gasteiger partial charge >= 0.3 is 0 Å². The molecule has 1 unspecified atom stereocenters. The zero-order chi connectivity index (χ0) is 13.9. The maximum Gasteiger partial charge on any atom is 0.123 e. The van der Waals surface area contributed by atoms with Crippen molar-refractivity contribution in [1.29, 1.82) is 0 Å². The Kier molecular flexibility index (Phi) is 3.94. The fourth-order valence-electron chi connectivity index (χ4n) is 2.48. The second-order valence-corrected chi connectivity index (χ2v) is 6.06. The molecule has 0 radical (unpaired) electrons. The Balaban J connectivity index is 1.75. The molecule has 1 aliphatic heterocycles. The smallest absolute Gasteiger partial charge is 0.123 e. The molecule has 1 atom stereocenters. The summed E-state index contributed by atoms with van der Waals surface area (Å²) in [6, 6.07) is 12.4. The van der Waals surface area contributed by atoms with Gasteiger partial charge in [-0.25, -0.2) is 4.39 Å². The van der Waals surface area contributed by atoms with Crippen molar-refractivity contribution >= 4 is 11.8 Å². The highest BCUT2D eigenvalue weighted by Gasteiger charge is 2.20. The minimum absolute atomic E-state index is 0.171. The van der Waals surface area contributed by atoms with E-state index in [0.29, 0.717) is 6.54 Å². The number of rotatable bonds is 3. The van der Waals surface area contributed by atoms with Gasteiger partial charge in [0.25, 0.3) is 0 Å². The Morgan fingerprint density at radius 2 is 2.15 bits per heavy atom. The van der Waals surface area contributed by atoms with Crippen LogP contribution in [0.1, 0.15) is 23.6 Å². The summed E-state index contributed by atoms with van der Waals surface area (Å²) in [6.45, 7) is 0.666. The molecular formula is C16H16FNOS. The number of hydrogen-bond donors (Lipinski definition) is 2. The van der Waals surface area contributed by atoms with Gasteiger partial charge in [-0.3, -0.25) is 0 Å². The molecule has 1 heterocycles. The number of thioether (sulfide) groups is 1. The summed E-state index contributed by atoms with van der Waals surface area (Å²) >= 11 is 1.78. The number of phenolic OH excluding ortho intramolecular Hbond substituents is 1. The van der Waals surface area contributed by atoms with E-state index in [4.69, 9.17) is 0 Å². The van der Waals surface area contributed by atoms with Crippen molar-refractivity contribution in [3.8, 4) is 5.75 Å². The average Bonchev–Trinajstić information content (AvgIpc) is 2.45. The largest absolute Gasteiger partial charge is 0.508 e. The van der Waals surface area contributed by atoms with Crippen molar-refractivity contribution < 1.29 is 9.50 Å². The van der Waals surface area contributed by atoms with E-state index in [0.717, 1.165) is 28.2 Å². The molecule has 0 aliphatic carbocycles. The second-order valence-electron chi connectivity index (χ2n) is 4.92. The van der Waals surface area contributed by atoms with Gasteiger partial charge in [-0.05, 0) is 53.6 Å². The lowest BCUT2D eigenvalue weighted by Gasteiger charge is -2.26. The molecule has 2 N–H and O–H groups in total. The van der Waals surface area contributed by atoms with Gasteiger partial charge in [0.1, 0.15) is 11.6 Å². The summed E-state index contributed by atoms with van der Waals surface area (Å²) in [5.41, 5.74) is 2.07. The van der Waals surface area contributed by atoms with Gasteiger partial charge in [0, 0.05) is 17.5 Å². The molecule has 0 fully saturated rings. The summed E-state index contributed by atoms with van der Waals surface area (Å²) < 4.78 is 13.4. The number of nitrogens with one attached hydrogen (secondary N) is 1. The number of fused-ring (bicyclic) bond motifs is 1. The van der Waals surface area contributed by atoms with E-state index in [1.165, 1.54) is 6.07 Å². The number of benzene rings is 2. The summed E-state index contributed by atoms with van der Waals surface area (Å²) in [4.78, 5) is 1.16. The van der Waals surface area contributed by atoms with Crippen LogP contribution in [0.3, 0.4) is 0 Å². The predicted octanol–water partition coefficient (Wildman–Crippen LogP) is 3.86. The van der Waals surface area contributed by atoms with Gasteiger partial charge < -0.3 is 10.4 Å². The normalized spacial score (nSPS) is 17.8. The predicted molar refractivity (Wildman–Crippen MR) is 79.4 cm³/mol. The lowest BCUT2D eigenvalue weighted by atomic mass is 10.0. The molecule has 4 heteroatoms. The van der Waals surface area contributed by atoms with Gasteiger partial charge in [0.2, 0.25) is 0 Å². The zero-order valence-electron chi connectivity index (χ0n) is 11.0. The summed E-state index contributed by atoms with van der Waals surface area (Å²) in [7, 11) is 0. The molecule has 0 aromatic heterocycles. The first kappa shape index (κ1) is 13.5. The highest BCUT2D eigenvalue weighted by atomic mass is 32.2. The molecule has 3 rings (SSSR count). The molecule has 0 saturated carbocycles. The SMILES string of the molecule is Oc1cccc(CNC2CCSc3ccc(F)cc32)c1. The van der Waals surface area contributed by atoms with Crippen molar-refractivity contribution in [3.63, 3.8) is 0 Å². The van der Waals surface area contributed by atoms with Crippen LogP contribution >= 0.6 is 11.8 Å². The molecule has 2 aromatic carbocycles. The first-order chi connectivity index (χ1) is 9.72. The lowest BCUT2D eigenvalue weighted by Crippen LogP contribution is -2.24. The van der Waals surface area contributed by atoms with E-state index in [1.807, 2.05) is 18.2 Å². The van der Waals surface area contributed by atoms with E-state index in [-0.39, 0.29) is 17.6 Å². The van der Waals surface area contributed by atoms with Crippen molar-refractivity contribution in [2.45, 2.75) is 23.9 Å². The molecule has 0 spiro atoms. The van der Waals surface area contributed by atoms with Crippen molar-refractivity contribution in [2.24, 2.45) is 0 Å². The minimum Gasteiger partial charge on any atom is -0.508 e. The highest BCUT2D eigenvalue weighted by molar-refractivity contribution is 7.99. The Labute approximate surface area is 122 Å². The summed E-state index contributed by atoms with van der Waals surface area (Å²) in [6.07, 6.45) is 0.986. The third-order valence-electron chi connectivity index (χ3n) is 3.47. The van der Waals surface area contributed by atoms with Crippen LogP contribution in [0, 0.1) is 5.82 Å². The van der Waals surface area contributed by atoms with E-state index in [1.54, 1.807) is 30.0 Å². The van der Waals surface area contributed by atoms with Crippen LogP contribution in [0.2, 0.25) is 0 Å². The number of phenols is 1. The van der Waals surface area contributed by atoms with Gasteiger partial charge in [-0.15, -0.1) is 11.8 Å². The Morgan fingerprint density at radius 3 is 3.00 bits per heavy atom. The van der Waals surface area contributed by atoms with E-state index in [2.05, 4.69) is 5.32 Å². The molecule has 2 nitrogen and oxygen atoms in total. The molecule has 104 valence electrons. The Bertz CT molecular complexity index is 617. The summed E-state index contributed by atoms with van der Waals surface area (Å²) in [5.74, 6) is 1.13. The van der Waals surface area contributed by atoms with Crippen LogP contribution in [0.5, 0.6) is 5.75 Å². The van der Waals surface area contributed by atoms with Crippen LogP contribution < -0.4 is 5.32 Å². The third-order valence-corrected chi connectivity index (χ3v) is 4.60. The van der Waals surface area contributed by atoms with Crippen LogP contribution in [0.4, 0.5) is 4.39 Å². The average molecular weight is 289 g/mol. The van der Waals surface area contributed by atoms with Crippen molar-refractivity contribution in [2.75, 3.05) is 5.75 Å². The maximum atomic E-state index is 13.4. The molecule has 0 amide bonds. The highest BCUT2D eigenvalue weighted by Crippen LogP contribution is 2.36. The van der Waals surface area contributed by atoms with Crippen LogP contribution in [-0.2, 0) is 6.54 Å². The lowest BCUT2D eigenvalue weighted by molar-refractivity contribution is 0.471. The second kappa shape index (κ2) is 5.85. The van der Waals surface area contributed by atoms with Gasteiger partial charge in [-0.1, -0.05) is 12.1 Å². The Hall–Kier alpha value is -1.52. The van der Waals surface area contributed by atoms with E-state index in [9.17, 15) is 9.50 Å². The standard InChI is InChI=1S/C16H16FNOS/c17-12-4-5-16-14(9-12)15(6-7-20-16)18-10-11-2-1-3-13(19)8-11/h1-5,8-9,15,18-19H,6-7,10H2. The number of halogens is 1. The van der Waals surface area contributed by atoms with Gasteiger partial charge in [0.05, 0.1) is 0 Å². The van der Waals surface area contributed by atoms with Crippen LogP contribution in [-0.4, -0.2) is 10.9 Å². The topological polar surface area (TPSA) is 32.3 Å². The van der Waals surface area contributed by atoms with Crippen molar-refractivity contribution in [1.82, 2.24) is 5.32 Å². The monoisotopic (exact) mass is 289 g/mol. The minimum atomic E-state index is -0.185. The van der Waals surface area contributed by atoms with E-state index < -0.39 is 0 Å². The third kappa shape index (κ3) is 2.97. The fourth-order valence-corrected chi connectivity index (χ4v) is 3.59. The van der Waals surface area contributed by atoms with E-state index >= 15 is 0 Å². The molecule has 0 bridgehead atoms. The molecule has 2 aromatic rings. The fraction of sp³-hybridized carbons (Fsp3) is 0.250. The quantitative estimate of drug-likeness (QED) is 0.900. The molecule has 1 aliphatic rings. The van der Waals surface area contributed by atoms with Crippen LogP contribution in [0.25, 0.3) is 0 Å². The molecule has 20 heavy (non-hydrogen) atoms. The number of hydrogen-bond acceptors (Lipinski definition) is 3. The Morgan fingerprint density at radius 1 is 1.25 bits per heavy atom. The first-order valence-electron chi connectivity index (χ1n) is 6.66.